The van der Waals surface area contributed by atoms with Crippen LogP contribution in [-0.2, 0) is 4.79 Å². The van der Waals surface area contributed by atoms with E-state index in [1.807, 2.05) is 4.90 Å². The molecule has 1 atom stereocenters. The monoisotopic (exact) mass is 237 g/mol. The van der Waals surface area contributed by atoms with Gasteiger partial charge in [-0.25, -0.2) is 4.79 Å². The predicted octanol–water partition coefficient (Wildman–Crippen LogP) is -1.66. The summed E-state index contributed by atoms with van der Waals surface area (Å²) in [6.07, 6.45) is 0. The van der Waals surface area contributed by atoms with E-state index in [1.165, 1.54) is 4.90 Å². The van der Waals surface area contributed by atoms with Crippen LogP contribution in [0, 0.1) is 11.3 Å². The Bertz CT molecular complexity index is 348. The number of rotatable bonds is 3. The Balaban J connectivity index is 1.86. The zero-order valence-electron chi connectivity index (χ0n) is 9.48. The average Bonchev–Trinajstić information content (AvgIpc) is 2.67. The molecule has 0 bridgehead atoms. The molecule has 2 aliphatic rings. The quantitative estimate of drug-likeness (QED) is 0.573. The van der Waals surface area contributed by atoms with Gasteiger partial charge in [0.15, 0.2) is 0 Å². The van der Waals surface area contributed by atoms with Gasteiger partial charge in [0.2, 0.25) is 5.91 Å². The fourth-order valence-corrected chi connectivity index (χ4v) is 2.05. The number of carbonyl (C=O) groups excluding carboxylic acids is 2. The molecule has 2 fully saturated rings. The van der Waals surface area contributed by atoms with E-state index in [-0.39, 0.29) is 24.5 Å². The maximum Gasteiger partial charge on any atom is 0.324 e. The van der Waals surface area contributed by atoms with E-state index in [4.69, 9.17) is 5.26 Å². The zero-order valence-corrected chi connectivity index (χ0v) is 9.48. The second kappa shape index (κ2) is 5.12. The Morgan fingerprint density at radius 2 is 2.24 bits per heavy atom. The van der Waals surface area contributed by atoms with E-state index in [9.17, 15) is 9.59 Å². The maximum absolute atomic E-state index is 11.4. The minimum atomic E-state index is -0.335. The van der Waals surface area contributed by atoms with Crippen LogP contribution in [-0.4, -0.2) is 67.0 Å². The minimum Gasteiger partial charge on any atom is -0.329 e. The molecule has 2 rings (SSSR count). The molecule has 92 valence electrons. The molecule has 0 spiro atoms. The number of nitriles is 1. The zero-order chi connectivity index (χ0) is 12.3. The third-order valence-corrected chi connectivity index (χ3v) is 3.05. The van der Waals surface area contributed by atoms with Crippen molar-refractivity contribution in [3.63, 3.8) is 0 Å². The van der Waals surface area contributed by atoms with E-state index in [0.717, 1.165) is 13.1 Å². The fourth-order valence-electron chi connectivity index (χ4n) is 2.05. The first kappa shape index (κ1) is 11.8. The second-order valence-corrected chi connectivity index (χ2v) is 4.09. The third kappa shape index (κ3) is 2.54. The third-order valence-electron chi connectivity index (χ3n) is 3.05. The number of imide groups is 1. The summed E-state index contributed by atoms with van der Waals surface area (Å²) in [4.78, 5) is 25.9. The summed E-state index contributed by atoms with van der Waals surface area (Å²) in [6, 6.07) is 1.70. The minimum absolute atomic E-state index is 0.0854. The van der Waals surface area contributed by atoms with Crippen LogP contribution in [0.15, 0.2) is 0 Å². The summed E-state index contributed by atoms with van der Waals surface area (Å²) in [5.74, 6) is -0.196. The molecule has 0 aromatic carbocycles. The fraction of sp³-hybridized carbons (Fsp3) is 0.700. The Labute approximate surface area is 99.3 Å². The number of hydrogen-bond donors (Lipinski definition) is 2. The van der Waals surface area contributed by atoms with E-state index in [0.29, 0.717) is 19.6 Å². The van der Waals surface area contributed by atoms with E-state index in [2.05, 4.69) is 16.7 Å². The number of urea groups is 1. The molecule has 17 heavy (non-hydrogen) atoms. The first-order valence-corrected chi connectivity index (χ1v) is 5.65. The molecular formula is C10H15N5O2. The lowest BCUT2D eigenvalue weighted by molar-refractivity contribution is -0.125. The van der Waals surface area contributed by atoms with Gasteiger partial charge in [-0.1, -0.05) is 0 Å². The van der Waals surface area contributed by atoms with Gasteiger partial charge >= 0.3 is 6.03 Å². The van der Waals surface area contributed by atoms with Crippen molar-refractivity contribution in [2.45, 2.75) is 6.04 Å². The SMILES string of the molecule is N#CC1CNCCN1CCN1C(=O)CNC1=O. The highest BCUT2D eigenvalue weighted by Gasteiger charge is 2.29. The molecule has 2 N–H and O–H groups in total. The van der Waals surface area contributed by atoms with Gasteiger partial charge in [0, 0.05) is 32.7 Å². The average molecular weight is 237 g/mol. The lowest BCUT2D eigenvalue weighted by Crippen LogP contribution is -2.52. The first-order chi connectivity index (χ1) is 8.22. The Morgan fingerprint density at radius 3 is 2.88 bits per heavy atom. The number of piperazine rings is 1. The van der Waals surface area contributed by atoms with Crippen LogP contribution < -0.4 is 10.6 Å². The summed E-state index contributed by atoms with van der Waals surface area (Å²) < 4.78 is 0. The van der Waals surface area contributed by atoms with Crippen LogP contribution in [0.3, 0.4) is 0 Å². The van der Waals surface area contributed by atoms with Gasteiger partial charge in [0.25, 0.3) is 0 Å². The molecule has 0 aromatic rings. The van der Waals surface area contributed by atoms with Gasteiger partial charge in [-0.2, -0.15) is 5.26 Å². The smallest absolute Gasteiger partial charge is 0.324 e. The number of amides is 3. The second-order valence-electron chi connectivity index (χ2n) is 4.09. The number of nitrogens with zero attached hydrogens (tertiary/aromatic N) is 3. The van der Waals surface area contributed by atoms with Crippen molar-refractivity contribution in [2.24, 2.45) is 0 Å². The molecule has 7 nitrogen and oxygen atoms in total. The van der Waals surface area contributed by atoms with Gasteiger partial charge in [-0.3, -0.25) is 14.6 Å². The Morgan fingerprint density at radius 1 is 1.41 bits per heavy atom. The highest BCUT2D eigenvalue weighted by molar-refractivity contribution is 6.01. The lowest BCUT2D eigenvalue weighted by atomic mass is 10.2. The van der Waals surface area contributed by atoms with E-state index < -0.39 is 0 Å². The number of carbonyl (C=O) groups is 2. The molecule has 0 saturated carbocycles. The summed E-state index contributed by atoms with van der Waals surface area (Å²) >= 11 is 0. The van der Waals surface area contributed by atoms with E-state index in [1.54, 1.807) is 0 Å². The van der Waals surface area contributed by atoms with Crippen LogP contribution >= 0.6 is 0 Å². The van der Waals surface area contributed by atoms with Crippen molar-refractivity contribution in [1.29, 1.82) is 5.26 Å². The van der Waals surface area contributed by atoms with Crippen molar-refractivity contribution >= 4 is 11.9 Å². The molecule has 0 aliphatic carbocycles. The van der Waals surface area contributed by atoms with Crippen molar-refractivity contribution in [3.05, 3.63) is 0 Å². The maximum atomic E-state index is 11.4. The van der Waals surface area contributed by atoms with Gasteiger partial charge in [-0.05, 0) is 0 Å². The molecule has 2 saturated heterocycles. The van der Waals surface area contributed by atoms with Crippen molar-refractivity contribution < 1.29 is 9.59 Å². The molecule has 2 aliphatic heterocycles. The first-order valence-electron chi connectivity index (χ1n) is 5.65. The predicted molar refractivity (Wildman–Crippen MR) is 59.0 cm³/mol. The van der Waals surface area contributed by atoms with Crippen LogP contribution in [0.1, 0.15) is 0 Å². The van der Waals surface area contributed by atoms with Gasteiger partial charge in [0.1, 0.15) is 6.04 Å². The van der Waals surface area contributed by atoms with Gasteiger partial charge < -0.3 is 10.6 Å². The van der Waals surface area contributed by atoms with Crippen LogP contribution in [0.4, 0.5) is 4.79 Å². The standard InChI is InChI=1S/C10H15N5O2/c11-5-8-6-12-1-2-14(8)3-4-15-9(16)7-13-10(15)17/h8,12H,1-4,6-7H2,(H,13,17). The molecule has 0 radical (unpaired) electrons. The van der Waals surface area contributed by atoms with Gasteiger partial charge in [0.05, 0.1) is 12.6 Å². The molecule has 2 heterocycles. The largest absolute Gasteiger partial charge is 0.329 e. The van der Waals surface area contributed by atoms with Crippen molar-refractivity contribution in [3.8, 4) is 6.07 Å². The lowest BCUT2D eigenvalue weighted by Gasteiger charge is -2.32. The summed E-state index contributed by atoms with van der Waals surface area (Å²) in [7, 11) is 0. The van der Waals surface area contributed by atoms with Gasteiger partial charge in [-0.15, -0.1) is 0 Å². The van der Waals surface area contributed by atoms with E-state index >= 15 is 0 Å². The normalized spacial score (nSPS) is 25.8. The van der Waals surface area contributed by atoms with Crippen molar-refractivity contribution in [1.82, 2.24) is 20.4 Å². The molecule has 1 unspecified atom stereocenters. The Kier molecular flexibility index (Phi) is 3.56. The number of hydrogen-bond acceptors (Lipinski definition) is 5. The molecule has 0 aromatic heterocycles. The highest BCUT2D eigenvalue weighted by atomic mass is 16.2. The Hall–Kier alpha value is -1.65. The highest BCUT2D eigenvalue weighted by Crippen LogP contribution is 2.04. The molecular weight excluding hydrogens is 222 g/mol. The van der Waals surface area contributed by atoms with Crippen LogP contribution in [0.25, 0.3) is 0 Å². The summed E-state index contributed by atoms with van der Waals surface area (Å²) in [5.41, 5.74) is 0. The molecule has 3 amide bonds. The van der Waals surface area contributed by atoms with Crippen molar-refractivity contribution in [2.75, 3.05) is 39.3 Å². The summed E-state index contributed by atoms with van der Waals surface area (Å²) in [5, 5.41) is 14.6. The van der Waals surface area contributed by atoms with Crippen LogP contribution in [0.2, 0.25) is 0 Å². The van der Waals surface area contributed by atoms with Crippen LogP contribution in [0.5, 0.6) is 0 Å². The summed E-state index contributed by atoms with van der Waals surface area (Å²) in [6.45, 7) is 3.22. The topological polar surface area (TPSA) is 88.5 Å². The number of nitrogens with one attached hydrogen (secondary N) is 2. The molecule has 7 heteroatoms.